The first-order valence-electron chi connectivity index (χ1n) is 9.22. The molecule has 30 heavy (non-hydrogen) atoms. The van der Waals surface area contributed by atoms with E-state index >= 15 is 0 Å². The molecule has 0 unspecified atom stereocenters. The van der Waals surface area contributed by atoms with Crippen LogP contribution in [-0.4, -0.2) is 54.2 Å². The maximum atomic E-state index is 12.4. The van der Waals surface area contributed by atoms with Crippen LogP contribution in [0.15, 0.2) is 63.3 Å². The van der Waals surface area contributed by atoms with Crippen molar-refractivity contribution in [1.82, 2.24) is 14.9 Å². The summed E-state index contributed by atoms with van der Waals surface area (Å²) in [6.07, 6.45) is 0. The van der Waals surface area contributed by atoms with Crippen molar-refractivity contribution in [2.75, 3.05) is 26.5 Å². The number of guanidine groups is 1. The molecule has 0 fully saturated rings. The van der Waals surface area contributed by atoms with E-state index in [2.05, 4.69) is 15.0 Å². The van der Waals surface area contributed by atoms with E-state index in [9.17, 15) is 16.8 Å². The summed E-state index contributed by atoms with van der Waals surface area (Å²) in [5.74, 6) is 0.139. The van der Waals surface area contributed by atoms with Gasteiger partial charge in [0.05, 0.1) is 29.7 Å². The van der Waals surface area contributed by atoms with Gasteiger partial charge >= 0.3 is 0 Å². The van der Waals surface area contributed by atoms with Crippen molar-refractivity contribution in [1.29, 1.82) is 0 Å². The zero-order valence-corrected chi connectivity index (χ0v) is 18.3. The summed E-state index contributed by atoms with van der Waals surface area (Å²) in [4.78, 5) is 6.20. The third-order valence-corrected chi connectivity index (χ3v) is 7.10. The number of hydrogen-bond acceptors (Lipinski definition) is 8. The molecule has 0 amide bonds. The van der Waals surface area contributed by atoms with E-state index < -0.39 is 20.1 Å². The van der Waals surface area contributed by atoms with Crippen molar-refractivity contribution >= 4 is 26.1 Å². The molecular formula is C19H24N4O5S2. The average molecular weight is 453 g/mol. The van der Waals surface area contributed by atoms with Gasteiger partial charge in [-0.15, -0.1) is 0 Å². The van der Waals surface area contributed by atoms with Gasteiger partial charge in [-0.1, -0.05) is 35.4 Å². The molecule has 2 N–H and O–H groups in total. The fraction of sp³-hybridized carbons (Fsp3) is 0.316. The second-order valence-electron chi connectivity index (χ2n) is 6.89. The minimum atomic E-state index is -3.82. The summed E-state index contributed by atoms with van der Waals surface area (Å²) < 4.78 is 56.7. The second-order valence-corrected chi connectivity index (χ2v) is 10.2. The third kappa shape index (κ3) is 5.79. The van der Waals surface area contributed by atoms with E-state index in [0.717, 1.165) is 11.1 Å². The smallest absolute Gasteiger partial charge is 0.297 e. The highest BCUT2D eigenvalue weighted by Gasteiger charge is 2.20. The molecule has 0 aliphatic carbocycles. The number of sulfonamides is 1. The van der Waals surface area contributed by atoms with Crippen LogP contribution in [0.5, 0.6) is 0 Å². The summed E-state index contributed by atoms with van der Waals surface area (Å²) in [5, 5.41) is 2.87. The summed E-state index contributed by atoms with van der Waals surface area (Å²) in [7, 11) is -7.55. The Morgan fingerprint density at radius 2 is 1.53 bits per heavy atom. The Kier molecular flexibility index (Phi) is 6.76. The highest BCUT2D eigenvalue weighted by Crippen LogP contribution is 2.13. The zero-order chi connectivity index (χ0) is 21.8. The summed E-state index contributed by atoms with van der Waals surface area (Å²) in [6, 6.07) is 12.9. The number of nitrogens with zero attached hydrogens (tertiary/aromatic N) is 2. The molecule has 162 valence electrons. The lowest BCUT2D eigenvalue weighted by atomic mass is 10.2. The Morgan fingerprint density at radius 1 is 0.967 bits per heavy atom. The van der Waals surface area contributed by atoms with Crippen LogP contribution in [0.4, 0.5) is 0 Å². The second kappa shape index (κ2) is 9.13. The zero-order valence-electron chi connectivity index (χ0n) is 16.7. The van der Waals surface area contributed by atoms with Crippen LogP contribution in [0.2, 0.25) is 0 Å². The van der Waals surface area contributed by atoms with Crippen LogP contribution in [0, 0.1) is 13.8 Å². The fourth-order valence-electron chi connectivity index (χ4n) is 2.63. The first-order chi connectivity index (χ1) is 14.2. The van der Waals surface area contributed by atoms with Crippen LogP contribution in [0.25, 0.3) is 0 Å². The summed E-state index contributed by atoms with van der Waals surface area (Å²) >= 11 is 0. The van der Waals surface area contributed by atoms with E-state index in [1.165, 1.54) is 24.3 Å². The first-order valence-corrected chi connectivity index (χ1v) is 12.1. The predicted molar refractivity (Wildman–Crippen MR) is 113 cm³/mol. The maximum Gasteiger partial charge on any atom is 0.297 e. The molecule has 2 aromatic carbocycles. The lowest BCUT2D eigenvalue weighted by Gasteiger charge is -2.26. The third-order valence-electron chi connectivity index (χ3n) is 4.42. The maximum absolute atomic E-state index is 12.4. The molecular weight excluding hydrogens is 428 g/mol. The van der Waals surface area contributed by atoms with E-state index in [-0.39, 0.29) is 29.0 Å². The van der Waals surface area contributed by atoms with E-state index in [1.54, 1.807) is 29.2 Å². The van der Waals surface area contributed by atoms with Crippen molar-refractivity contribution in [3.63, 3.8) is 0 Å². The van der Waals surface area contributed by atoms with E-state index in [1.807, 2.05) is 13.8 Å². The van der Waals surface area contributed by atoms with Crippen LogP contribution in [0.1, 0.15) is 11.1 Å². The van der Waals surface area contributed by atoms with Gasteiger partial charge in [0.25, 0.3) is 20.1 Å². The van der Waals surface area contributed by atoms with Gasteiger partial charge in [-0.25, -0.2) is 18.1 Å². The topological polar surface area (TPSA) is 117 Å². The molecule has 0 saturated heterocycles. The van der Waals surface area contributed by atoms with Gasteiger partial charge in [0.15, 0.2) is 0 Å². The highest BCUT2D eigenvalue weighted by molar-refractivity contribution is 7.90. The SMILES string of the molecule is Cc1ccc(S(=O)(=O)NC2=NCN(CCOS(=O)(=O)c3ccc(C)cc3)CN2)cc1. The summed E-state index contributed by atoms with van der Waals surface area (Å²) in [6.45, 7) is 4.50. The molecule has 0 atom stereocenters. The molecule has 0 spiro atoms. The van der Waals surface area contributed by atoms with Crippen molar-refractivity contribution in [2.24, 2.45) is 4.99 Å². The molecule has 0 radical (unpaired) electrons. The first kappa shape index (κ1) is 22.2. The van der Waals surface area contributed by atoms with Gasteiger partial charge in [0.2, 0.25) is 5.96 Å². The van der Waals surface area contributed by atoms with Gasteiger partial charge in [-0.2, -0.15) is 8.42 Å². The Labute approximate surface area is 177 Å². The lowest BCUT2D eigenvalue weighted by molar-refractivity contribution is 0.206. The van der Waals surface area contributed by atoms with Crippen molar-refractivity contribution in [2.45, 2.75) is 23.6 Å². The Bertz CT molecular complexity index is 1110. The monoisotopic (exact) mass is 452 g/mol. The van der Waals surface area contributed by atoms with Gasteiger partial charge in [-0.05, 0) is 38.1 Å². The van der Waals surface area contributed by atoms with E-state index in [4.69, 9.17) is 4.18 Å². The number of hydrogen-bond donors (Lipinski definition) is 2. The van der Waals surface area contributed by atoms with Crippen molar-refractivity contribution in [3.05, 3.63) is 59.7 Å². The molecule has 3 rings (SSSR count). The minimum Gasteiger partial charge on any atom is -0.343 e. The largest absolute Gasteiger partial charge is 0.343 e. The molecule has 2 aromatic rings. The molecule has 0 saturated carbocycles. The van der Waals surface area contributed by atoms with Gasteiger partial charge in [-0.3, -0.25) is 9.08 Å². The Balaban J connectivity index is 1.50. The van der Waals surface area contributed by atoms with Crippen molar-refractivity contribution < 1.29 is 21.0 Å². The normalized spacial score (nSPS) is 15.3. The molecule has 1 aliphatic rings. The molecule has 1 aliphatic heterocycles. The predicted octanol–water partition coefficient (Wildman–Crippen LogP) is 1.16. The number of aryl methyl sites for hydroxylation is 2. The van der Waals surface area contributed by atoms with Gasteiger partial charge in [0, 0.05) is 6.54 Å². The molecule has 1 heterocycles. The average Bonchev–Trinajstić information content (AvgIpc) is 2.70. The molecule has 9 nitrogen and oxygen atoms in total. The van der Waals surface area contributed by atoms with Crippen molar-refractivity contribution in [3.8, 4) is 0 Å². The van der Waals surface area contributed by atoms with Gasteiger partial charge < -0.3 is 5.32 Å². The lowest BCUT2D eigenvalue weighted by Crippen LogP contribution is -2.50. The molecule has 0 aromatic heterocycles. The summed E-state index contributed by atoms with van der Waals surface area (Å²) in [5.41, 5.74) is 1.92. The minimum absolute atomic E-state index is 0.0438. The highest BCUT2D eigenvalue weighted by atomic mass is 32.2. The van der Waals surface area contributed by atoms with Crippen LogP contribution in [-0.2, 0) is 24.3 Å². The van der Waals surface area contributed by atoms with Crippen LogP contribution in [0.3, 0.4) is 0 Å². The number of benzene rings is 2. The van der Waals surface area contributed by atoms with E-state index in [0.29, 0.717) is 13.2 Å². The fourth-order valence-corrected chi connectivity index (χ4v) is 4.54. The standard InChI is InChI=1S/C19H24N4O5S2/c1-15-3-7-17(8-4-15)29(24,25)22-19-20-13-23(14-21-19)11-12-28-30(26,27)18-9-5-16(2)6-10-18/h3-10H,11-14H2,1-2H3,(H2,20,21,22). The Hall–Kier alpha value is -2.47. The molecule has 0 bridgehead atoms. The quantitative estimate of drug-likeness (QED) is 0.606. The van der Waals surface area contributed by atoms with Crippen LogP contribution >= 0.6 is 0 Å². The van der Waals surface area contributed by atoms with Gasteiger partial charge in [0.1, 0.15) is 0 Å². The molecule has 11 heteroatoms. The Morgan fingerprint density at radius 3 is 2.07 bits per heavy atom. The van der Waals surface area contributed by atoms with Crippen LogP contribution < -0.4 is 10.0 Å². The number of nitrogens with one attached hydrogen (secondary N) is 2. The number of rotatable bonds is 7. The number of aliphatic imine (C=N–C) groups is 1.